The number of methoxy groups -OCH3 is 1. The Hall–Kier alpha value is -3.19. The molecular formula is C22H20BrN3O3. The Morgan fingerprint density at radius 2 is 1.97 bits per heavy atom. The molecular weight excluding hydrogens is 434 g/mol. The number of hydrogen-bond acceptors (Lipinski definition) is 5. The average molecular weight is 454 g/mol. The molecule has 1 heterocycles. The molecule has 1 aromatic heterocycles. The summed E-state index contributed by atoms with van der Waals surface area (Å²) in [4.78, 5) is 16.0. The number of nitrogens with zero attached hydrogens (tertiary/aromatic N) is 2. The van der Waals surface area contributed by atoms with Gasteiger partial charge in [0.15, 0.2) is 11.5 Å². The molecule has 2 aromatic carbocycles. The fraction of sp³-hybridized carbons (Fsp3) is 0.136. The van der Waals surface area contributed by atoms with Gasteiger partial charge in [0.2, 0.25) is 0 Å². The highest BCUT2D eigenvalue weighted by Crippen LogP contribution is 2.33. The van der Waals surface area contributed by atoms with Crippen LogP contribution in [0.5, 0.6) is 11.5 Å². The van der Waals surface area contributed by atoms with Gasteiger partial charge in [-0.1, -0.05) is 35.9 Å². The molecule has 0 saturated carbocycles. The molecule has 29 heavy (non-hydrogen) atoms. The normalized spacial score (nSPS) is 10.7. The van der Waals surface area contributed by atoms with E-state index in [1.54, 1.807) is 37.6 Å². The highest BCUT2D eigenvalue weighted by molar-refractivity contribution is 9.10. The molecule has 0 aliphatic rings. The van der Waals surface area contributed by atoms with Crippen LogP contribution in [0, 0.1) is 6.92 Å². The quantitative estimate of drug-likeness (QED) is 0.422. The van der Waals surface area contributed by atoms with Gasteiger partial charge in [0.25, 0.3) is 5.91 Å². The van der Waals surface area contributed by atoms with E-state index in [2.05, 4.69) is 31.4 Å². The topological polar surface area (TPSA) is 72.8 Å². The largest absolute Gasteiger partial charge is 0.493 e. The Morgan fingerprint density at radius 1 is 1.17 bits per heavy atom. The highest BCUT2D eigenvalue weighted by atomic mass is 79.9. The van der Waals surface area contributed by atoms with Crippen LogP contribution in [0.25, 0.3) is 0 Å². The molecule has 0 fully saturated rings. The third-order valence-corrected chi connectivity index (χ3v) is 4.75. The molecule has 1 N–H and O–H groups in total. The molecule has 0 radical (unpaired) electrons. The predicted molar refractivity (Wildman–Crippen MR) is 116 cm³/mol. The minimum Gasteiger partial charge on any atom is -0.493 e. The van der Waals surface area contributed by atoms with Gasteiger partial charge in [0.05, 0.1) is 13.3 Å². The summed E-state index contributed by atoms with van der Waals surface area (Å²) in [6.45, 7) is 2.47. The first-order chi connectivity index (χ1) is 14.1. The van der Waals surface area contributed by atoms with E-state index in [4.69, 9.17) is 9.47 Å². The van der Waals surface area contributed by atoms with E-state index < -0.39 is 0 Å². The number of aryl methyl sites for hydroxylation is 1. The van der Waals surface area contributed by atoms with Gasteiger partial charge >= 0.3 is 0 Å². The summed E-state index contributed by atoms with van der Waals surface area (Å²) >= 11 is 3.51. The van der Waals surface area contributed by atoms with Crippen LogP contribution in [0.15, 0.2) is 70.4 Å². The van der Waals surface area contributed by atoms with Crippen molar-refractivity contribution in [2.45, 2.75) is 13.5 Å². The van der Waals surface area contributed by atoms with Gasteiger partial charge in [0, 0.05) is 16.2 Å². The number of amides is 1. The van der Waals surface area contributed by atoms with Crippen molar-refractivity contribution in [1.29, 1.82) is 0 Å². The van der Waals surface area contributed by atoms with E-state index in [0.717, 1.165) is 15.6 Å². The molecule has 0 unspecified atom stereocenters. The minimum absolute atomic E-state index is 0.293. The van der Waals surface area contributed by atoms with E-state index >= 15 is 0 Å². The lowest BCUT2D eigenvalue weighted by atomic mass is 10.2. The molecule has 0 aliphatic carbocycles. The van der Waals surface area contributed by atoms with Gasteiger partial charge in [-0.05, 0) is 52.7 Å². The summed E-state index contributed by atoms with van der Waals surface area (Å²) in [6.07, 6.45) is 3.08. The van der Waals surface area contributed by atoms with Crippen molar-refractivity contribution < 1.29 is 14.3 Å². The van der Waals surface area contributed by atoms with E-state index in [-0.39, 0.29) is 5.91 Å². The van der Waals surface area contributed by atoms with Crippen molar-refractivity contribution in [1.82, 2.24) is 10.4 Å². The number of carbonyl (C=O) groups excluding carboxylic acids is 1. The number of aromatic nitrogens is 1. The number of hydrazone groups is 1. The molecule has 3 aromatic rings. The Bertz CT molecular complexity index is 1010. The van der Waals surface area contributed by atoms with E-state index in [0.29, 0.717) is 23.8 Å². The zero-order chi connectivity index (χ0) is 20.6. The lowest BCUT2D eigenvalue weighted by molar-refractivity contribution is 0.0950. The molecule has 148 valence electrons. The second kappa shape index (κ2) is 9.84. The Kier molecular flexibility index (Phi) is 6.97. The second-order valence-corrected chi connectivity index (χ2v) is 7.07. The van der Waals surface area contributed by atoms with E-state index in [9.17, 15) is 4.79 Å². The number of benzene rings is 2. The molecule has 0 saturated heterocycles. The van der Waals surface area contributed by atoms with Crippen LogP contribution in [0.3, 0.4) is 0 Å². The summed E-state index contributed by atoms with van der Waals surface area (Å²) in [6, 6.07) is 16.8. The van der Waals surface area contributed by atoms with Crippen LogP contribution in [0.4, 0.5) is 0 Å². The predicted octanol–water partition coefficient (Wildman–Crippen LogP) is 4.50. The Labute approximate surface area is 177 Å². The van der Waals surface area contributed by atoms with Crippen molar-refractivity contribution in [3.8, 4) is 11.5 Å². The van der Waals surface area contributed by atoms with Crippen molar-refractivity contribution >= 4 is 28.1 Å². The molecule has 6 nitrogen and oxygen atoms in total. The van der Waals surface area contributed by atoms with Crippen LogP contribution in [0.2, 0.25) is 0 Å². The zero-order valence-corrected chi connectivity index (χ0v) is 17.6. The number of carbonyl (C=O) groups is 1. The Balaban J connectivity index is 1.68. The minimum atomic E-state index is -0.386. The number of halogens is 1. The number of hydrogen-bond donors (Lipinski definition) is 1. The van der Waals surface area contributed by atoms with Crippen molar-refractivity contribution in [3.63, 3.8) is 0 Å². The van der Waals surface area contributed by atoms with Crippen LogP contribution >= 0.6 is 15.9 Å². The van der Waals surface area contributed by atoms with Gasteiger partial charge in [-0.3, -0.25) is 9.78 Å². The fourth-order valence-electron chi connectivity index (χ4n) is 2.48. The zero-order valence-electron chi connectivity index (χ0n) is 16.1. The van der Waals surface area contributed by atoms with Crippen LogP contribution in [-0.4, -0.2) is 24.2 Å². The molecule has 0 bridgehead atoms. The van der Waals surface area contributed by atoms with Gasteiger partial charge in [-0.25, -0.2) is 5.43 Å². The van der Waals surface area contributed by atoms with E-state index in [1.165, 1.54) is 11.8 Å². The molecule has 0 spiro atoms. The summed E-state index contributed by atoms with van der Waals surface area (Å²) in [5.41, 5.74) is 5.74. The van der Waals surface area contributed by atoms with Crippen molar-refractivity contribution in [2.75, 3.05) is 7.11 Å². The molecule has 7 heteroatoms. The van der Waals surface area contributed by atoms with Crippen LogP contribution in [-0.2, 0) is 6.61 Å². The lowest BCUT2D eigenvalue weighted by Gasteiger charge is -2.13. The van der Waals surface area contributed by atoms with Crippen molar-refractivity contribution in [2.24, 2.45) is 5.10 Å². The van der Waals surface area contributed by atoms with Crippen LogP contribution in [0.1, 0.15) is 27.2 Å². The van der Waals surface area contributed by atoms with Gasteiger partial charge < -0.3 is 9.47 Å². The number of nitrogens with one attached hydrogen (secondary N) is 1. The van der Waals surface area contributed by atoms with Crippen molar-refractivity contribution in [3.05, 3.63) is 87.7 Å². The summed E-state index contributed by atoms with van der Waals surface area (Å²) < 4.78 is 12.1. The maximum atomic E-state index is 12.0. The molecule has 0 atom stereocenters. The summed E-state index contributed by atoms with van der Waals surface area (Å²) in [5.74, 6) is 0.787. The summed E-state index contributed by atoms with van der Waals surface area (Å²) in [5, 5.41) is 3.99. The van der Waals surface area contributed by atoms with E-state index in [1.807, 2.05) is 37.3 Å². The second-order valence-electron chi connectivity index (χ2n) is 6.21. The molecule has 3 rings (SSSR count). The van der Waals surface area contributed by atoms with Gasteiger partial charge in [-0.2, -0.15) is 5.10 Å². The molecule has 1 amide bonds. The fourth-order valence-corrected chi connectivity index (χ4v) is 2.91. The van der Waals surface area contributed by atoms with Gasteiger partial charge in [0.1, 0.15) is 12.3 Å². The third-order valence-electron chi connectivity index (χ3n) is 4.07. The number of pyridine rings is 1. The maximum Gasteiger partial charge on any atom is 0.289 e. The SMILES string of the molecule is COc1cc(/C=N\NC(=O)c2ccccn2)c(Br)cc1OCc1ccc(C)cc1. The standard InChI is InChI=1S/C22H20BrN3O3/c1-15-6-8-16(9-7-15)14-29-21-12-18(23)17(11-20(21)28-2)13-25-26-22(27)19-5-3-4-10-24-19/h3-13H,14H2,1-2H3,(H,26,27)/b25-13-. The first-order valence-corrected chi connectivity index (χ1v) is 9.66. The first kappa shape index (κ1) is 20.5. The third kappa shape index (κ3) is 5.65. The number of ether oxygens (including phenoxy) is 2. The first-order valence-electron chi connectivity index (χ1n) is 8.87. The summed E-state index contributed by atoms with van der Waals surface area (Å²) in [7, 11) is 1.58. The average Bonchev–Trinajstić information content (AvgIpc) is 2.75. The highest BCUT2D eigenvalue weighted by Gasteiger charge is 2.10. The smallest absolute Gasteiger partial charge is 0.289 e. The maximum absolute atomic E-state index is 12.0. The lowest BCUT2D eigenvalue weighted by Crippen LogP contribution is -2.18. The van der Waals surface area contributed by atoms with Gasteiger partial charge in [-0.15, -0.1) is 0 Å². The monoisotopic (exact) mass is 453 g/mol. The number of rotatable bonds is 7. The van der Waals surface area contributed by atoms with Crippen LogP contribution < -0.4 is 14.9 Å². The molecule has 0 aliphatic heterocycles. The Morgan fingerprint density at radius 3 is 2.66 bits per heavy atom.